The maximum atomic E-state index is 6.02. The first-order valence-corrected chi connectivity index (χ1v) is 6.61. The normalized spacial score (nSPS) is 19.9. The SMILES string of the molecule is Cc1ccc(C(C)C)c(OCC2CCNC2)c1. The topological polar surface area (TPSA) is 21.3 Å². The summed E-state index contributed by atoms with van der Waals surface area (Å²) >= 11 is 0. The summed E-state index contributed by atoms with van der Waals surface area (Å²) in [6, 6.07) is 6.53. The lowest BCUT2D eigenvalue weighted by Crippen LogP contribution is -2.16. The molecule has 1 saturated heterocycles. The summed E-state index contributed by atoms with van der Waals surface area (Å²) in [5.41, 5.74) is 2.59. The van der Waals surface area contributed by atoms with Crippen LogP contribution in [0.4, 0.5) is 0 Å². The Labute approximate surface area is 104 Å². The first-order valence-electron chi connectivity index (χ1n) is 6.61. The standard InChI is InChI=1S/C15H23NO/c1-11(2)14-5-4-12(3)8-15(14)17-10-13-6-7-16-9-13/h4-5,8,11,13,16H,6-7,9-10H2,1-3H3. The van der Waals surface area contributed by atoms with Crippen LogP contribution >= 0.6 is 0 Å². The van der Waals surface area contributed by atoms with Crippen LogP contribution in [0.2, 0.25) is 0 Å². The molecule has 0 saturated carbocycles. The number of hydrogen-bond donors (Lipinski definition) is 1. The second-order valence-electron chi connectivity index (χ2n) is 5.37. The molecular formula is C15H23NO. The zero-order chi connectivity index (χ0) is 12.3. The number of nitrogens with one attached hydrogen (secondary N) is 1. The highest BCUT2D eigenvalue weighted by Crippen LogP contribution is 2.28. The van der Waals surface area contributed by atoms with Crippen molar-refractivity contribution in [3.63, 3.8) is 0 Å². The minimum atomic E-state index is 0.521. The number of benzene rings is 1. The van der Waals surface area contributed by atoms with Crippen LogP contribution in [0.1, 0.15) is 37.3 Å². The van der Waals surface area contributed by atoms with Gasteiger partial charge in [0.25, 0.3) is 0 Å². The lowest BCUT2D eigenvalue weighted by atomic mass is 10.0. The van der Waals surface area contributed by atoms with E-state index in [4.69, 9.17) is 4.74 Å². The predicted molar refractivity (Wildman–Crippen MR) is 71.7 cm³/mol. The summed E-state index contributed by atoms with van der Waals surface area (Å²) in [7, 11) is 0. The molecule has 2 nitrogen and oxygen atoms in total. The van der Waals surface area contributed by atoms with Crippen molar-refractivity contribution in [1.82, 2.24) is 5.32 Å². The Morgan fingerprint density at radius 1 is 1.41 bits per heavy atom. The molecule has 0 aliphatic carbocycles. The van der Waals surface area contributed by atoms with Gasteiger partial charge in [0, 0.05) is 12.5 Å². The molecule has 17 heavy (non-hydrogen) atoms. The zero-order valence-corrected chi connectivity index (χ0v) is 11.1. The molecule has 1 aliphatic rings. The number of rotatable bonds is 4. The zero-order valence-electron chi connectivity index (χ0n) is 11.1. The molecule has 0 bridgehead atoms. The van der Waals surface area contributed by atoms with Crippen LogP contribution in [0.15, 0.2) is 18.2 Å². The first kappa shape index (κ1) is 12.4. The van der Waals surface area contributed by atoms with Gasteiger partial charge < -0.3 is 10.1 Å². The third kappa shape index (κ3) is 3.22. The molecule has 1 fully saturated rings. The number of ether oxygens (including phenoxy) is 1. The second kappa shape index (κ2) is 5.54. The van der Waals surface area contributed by atoms with Crippen molar-refractivity contribution in [3.05, 3.63) is 29.3 Å². The molecule has 94 valence electrons. The minimum absolute atomic E-state index is 0.521. The van der Waals surface area contributed by atoms with Crippen LogP contribution < -0.4 is 10.1 Å². The molecule has 1 atom stereocenters. The summed E-state index contributed by atoms with van der Waals surface area (Å²) in [6.45, 7) is 9.63. The average Bonchev–Trinajstić information content (AvgIpc) is 2.78. The molecule has 1 heterocycles. The van der Waals surface area contributed by atoms with E-state index in [0.717, 1.165) is 25.4 Å². The Kier molecular flexibility index (Phi) is 4.06. The van der Waals surface area contributed by atoms with Gasteiger partial charge in [-0.3, -0.25) is 0 Å². The number of aryl methyl sites for hydroxylation is 1. The van der Waals surface area contributed by atoms with Gasteiger partial charge in [-0.2, -0.15) is 0 Å². The van der Waals surface area contributed by atoms with E-state index in [1.54, 1.807) is 0 Å². The fraction of sp³-hybridized carbons (Fsp3) is 0.600. The highest BCUT2D eigenvalue weighted by atomic mass is 16.5. The van der Waals surface area contributed by atoms with Gasteiger partial charge in [-0.05, 0) is 43.0 Å². The van der Waals surface area contributed by atoms with E-state index in [0.29, 0.717) is 11.8 Å². The first-order chi connectivity index (χ1) is 8.16. The molecule has 1 aromatic rings. The van der Waals surface area contributed by atoms with Gasteiger partial charge in [0.05, 0.1) is 6.61 Å². The third-order valence-electron chi connectivity index (χ3n) is 3.43. The molecule has 1 N–H and O–H groups in total. The third-order valence-corrected chi connectivity index (χ3v) is 3.43. The molecule has 1 aromatic carbocycles. The molecule has 0 amide bonds. The predicted octanol–water partition coefficient (Wildman–Crippen LogP) is 3.11. The van der Waals surface area contributed by atoms with Crippen LogP contribution in [-0.4, -0.2) is 19.7 Å². The van der Waals surface area contributed by atoms with Crippen LogP contribution in [0.25, 0.3) is 0 Å². The molecule has 2 heteroatoms. The molecule has 0 aromatic heterocycles. The number of hydrogen-bond acceptors (Lipinski definition) is 2. The van der Waals surface area contributed by atoms with Crippen LogP contribution in [0, 0.1) is 12.8 Å². The fourth-order valence-corrected chi connectivity index (χ4v) is 2.31. The summed E-state index contributed by atoms with van der Waals surface area (Å²) < 4.78 is 6.02. The van der Waals surface area contributed by atoms with Gasteiger partial charge in [0.1, 0.15) is 5.75 Å². The van der Waals surface area contributed by atoms with E-state index in [1.807, 2.05) is 0 Å². The van der Waals surface area contributed by atoms with Gasteiger partial charge in [-0.1, -0.05) is 26.0 Å². The molecule has 0 spiro atoms. The Bertz CT molecular complexity index is 367. The largest absolute Gasteiger partial charge is 0.493 e. The van der Waals surface area contributed by atoms with Crippen molar-refractivity contribution in [2.75, 3.05) is 19.7 Å². The van der Waals surface area contributed by atoms with Crippen molar-refractivity contribution in [2.24, 2.45) is 5.92 Å². The highest BCUT2D eigenvalue weighted by molar-refractivity contribution is 5.39. The van der Waals surface area contributed by atoms with Crippen molar-refractivity contribution >= 4 is 0 Å². The Morgan fingerprint density at radius 3 is 2.88 bits per heavy atom. The van der Waals surface area contributed by atoms with Crippen LogP contribution in [0.5, 0.6) is 5.75 Å². The van der Waals surface area contributed by atoms with Crippen LogP contribution in [0.3, 0.4) is 0 Å². The maximum absolute atomic E-state index is 6.02. The van der Waals surface area contributed by atoms with E-state index >= 15 is 0 Å². The van der Waals surface area contributed by atoms with E-state index in [2.05, 4.69) is 44.3 Å². The lowest BCUT2D eigenvalue weighted by Gasteiger charge is -2.17. The minimum Gasteiger partial charge on any atom is -0.493 e. The van der Waals surface area contributed by atoms with Crippen molar-refractivity contribution in [2.45, 2.75) is 33.1 Å². The summed E-state index contributed by atoms with van der Waals surface area (Å²) in [4.78, 5) is 0. The van der Waals surface area contributed by atoms with Crippen molar-refractivity contribution < 1.29 is 4.74 Å². The summed E-state index contributed by atoms with van der Waals surface area (Å²) in [6.07, 6.45) is 1.24. The molecule has 1 aliphatic heterocycles. The van der Waals surface area contributed by atoms with E-state index < -0.39 is 0 Å². The highest BCUT2D eigenvalue weighted by Gasteiger charge is 2.16. The lowest BCUT2D eigenvalue weighted by molar-refractivity contribution is 0.257. The molecule has 2 rings (SSSR count). The molecular weight excluding hydrogens is 210 g/mol. The van der Waals surface area contributed by atoms with Gasteiger partial charge >= 0.3 is 0 Å². The van der Waals surface area contributed by atoms with E-state index in [1.165, 1.54) is 17.5 Å². The Hall–Kier alpha value is -1.02. The molecule has 1 unspecified atom stereocenters. The van der Waals surface area contributed by atoms with E-state index in [9.17, 15) is 0 Å². The van der Waals surface area contributed by atoms with E-state index in [-0.39, 0.29) is 0 Å². The smallest absolute Gasteiger partial charge is 0.123 e. The summed E-state index contributed by atoms with van der Waals surface area (Å²) in [5, 5.41) is 3.38. The van der Waals surface area contributed by atoms with Crippen LogP contribution in [-0.2, 0) is 0 Å². The monoisotopic (exact) mass is 233 g/mol. The molecule has 0 radical (unpaired) electrons. The average molecular weight is 233 g/mol. The van der Waals surface area contributed by atoms with Crippen molar-refractivity contribution in [1.29, 1.82) is 0 Å². The Morgan fingerprint density at radius 2 is 2.24 bits per heavy atom. The van der Waals surface area contributed by atoms with Gasteiger partial charge in [-0.15, -0.1) is 0 Å². The maximum Gasteiger partial charge on any atom is 0.123 e. The quantitative estimate of drug-likeness (QED) is 0.863. The fourth-order valence-electron chi connectivity index (χ4n) is 2.31. The second-order valence-corrected chi connectivity index (χ2v) is 5.37. The van der Waals surface area contributed by atoms with Gasteiger partial charge in [-0.25, -0.2) is 0 Å². The van der Waals surface area contributed by atoms with Gasteiger partial charge in [0.2, 0.25) is 0 Å². The van der Waals surface area contributed by atoms with Gasteiger partial charge in [0.15, 0.2) is 0 Å². The van der Waals surface area contributed by atoms with Crippen molar-refractivity contribution in [3.8, 4) is 5.75 Å². The summed E-state index contributed by atoms with van der Waals surface area (Å²) in [5.74, 6) is 2.27. The Balaban J connectivity index is 2.04.